The van der Waals surface area contributed by atoms with Gasteiger partial charge in [0, 0.05) is 0 Å². The van der Waals surface area contributed by atoms with Crippen LogP contribution in [0, 0.1) is 0 Å². The van der Waals surface area contributed by atoms with E-state index in [1.165, 1.54) is 31.4 Å². The van der Waals surface area contributed by atoms with Crippen LogP contribution in [-0.2, 0) is 38.6 Å². The van der Waals surface area contributed by atoms with Crippen LogP contribution in [0.4, 0.5) is 0 Å². The lowest BCUT2D eigenvalue weighted by Crippen LogP contribution is -2.27. The van der Waals surface area contributed by atoms with Gasteiger partial charge in [0.2, 0.25) is 0 Å². The van der Waals surface area contributed by atoms with Crippen molar-refractivity contribution in [1.82, 2.24) is 0 Å². The van der Waals surface area contributed by atoms with Gasteiger partial charge in [-0.25, -0.2) is 14.5 Å². The Kier molecular flexibility index (Phi) is 8.99. The minimum Gasteiger partial charge on any atom is -0.457 e. The van der Waals surface area contributed by atoms with Crippen molar-refractivity contribution in [3.8, 4) is 5.75 Å². The van der Waals surface area contributed by atoms with E-state index in [-0.39, 0.29) is 11.3 Å². The highest BCUT2D eigenvalue weighted by atomic mass is 32.3. The Bertz CT molecular complexity index is 722. The van der Waals surface area contributed by atoms with Crippen LogP contribution in [0.5, 0.6) is 5.75 Å². The molecule has 0 atom stereocenters. The van der Waals surface area contributed by atoms with Gasteiger partial charge in [-0.2, -0.15) is 8.42 Å². The number of hydrogen-bond donors (Lipinski definition) is 0. The molecule has 1 rings (SSSR count). The van der Waals surface area contributed by atoms with Gasteiger partial charge in [0.25, 0.3) is 0 Å². The quantitative estimate of drug-likeness (QED) is 0.137. The van der Waals surface area contributed by atoms with E-state index in [1.54, 1.807) is 20.8 Å². The molecule has 27 heavy (non-hydrogen) atoms. The SMILES string of the molecule is COOOSCS(=O)(=O)Oc1ccc(C(=O)OCC(=O)OC(C)(C)C)cc1. The molecule has 1 aromatic carbocycles. The Labute approximate surface area is 161 Å². The number of carbonyl (C=O) groups is 2. The van der Waals surface area contributed by atoms with Crippen molar-refractivity contribution in [3.63, 3.8) is 0 Å². The van der Waals surface area contributed by atoms with Gasteiger partial charge in [-0.1, -0.05) is 5.04 Å². The fourth-order valence-corrected chi connectivity index (χ4v) is 2.84. The van der Waals surface area contributed by atoms with Gasteiger partial charge in [-0.15, -0.1) is 4.33 Å². The molecule has 0 N–H and O–H groups in total. The van der Waals surface area contributed by atoms with Crippen molar-refractivity contribution >= 4 is 34.1 Å². The lowest BCUT2D eigenvalue weighted by Gasteiger charge is -2.19. The molecule has 1 aromatic rings. The molecule has 0 fully saturated rings. The van der Waals surface area contributed by atoms with E-state index in [2.05, 4.69) is 14.3 Å². The molecule has 0 aromatic heterocycles. The molecule has 0 aliphatic heterocycles. The summed E-state index contributed by atoms with van der Waals surface area (Å²) >= 11 is 0.447. The maximum atomic E-state index is 11.9. The fraction of sp³-hybridized carbons (Fsp3) is 0.467. The van der Waals surface area contributed by atoms with Crippen LogP contribution in [0.25, 0.3) is 0 Å². The van der Waals surface area contributed by atoms with E-state index in [0.29, 0.717) is 12.0 Å². The molecule has 0 heterocycles. The highest BCUT2D eigenvalue weighted by Crippen LogP contribution is 2.18. The van der Waals surface area contributed by atoms with Crippen molar-refractivity contribution in [2.24, 2.45) is 0 Å². The van der Waals surface area contributed by atoms with Gasteiger partial charge >= 0.3 is 22.1 Å². The number of ether oxygens (including phenoxy) is 2. The van der Waals surface area contributed by atoms with Crippen LogP contribution >= 0.6 is 12.0 Å². The number of rotatable bonds is 10. The van der Waals surface area contributed by atoms with E-state index in [1.807, 2.05) is 0 Å². The topological polar surface area (TPSA) is 124 Å². The fourth-order valence-electron chi connectivity index (χ4n) is 1.52. The number of carbonyl (C=O) groups excluding carboxylic acids is 2. The van der Waals surface area contributed by atoms with Crippen LogP contribution < -0.4 is 4.18 Å². The summed E-state index contributed by atoms with van der Waals surface area (Å²) < 4.78 is 42.4. The first-order valence-electron chi connectivity index (χ1n) is 7.42. The van der Waals surface area contributed by atoms with Crippen LogP contribution in [0.15, 0.2) is 24.3 Å². The number of hydrogen-bond acceptors (Lipinski definition) is 11. The lowest BCUT2D eigenvalue weighted by molar-refractivity contribution is -0.447. The van der Waals surface area contributed by atoms with Crippen molar-refractivity contribution < 1.29 is 45.9 Å². The molecule has 0 bridgehead atoms. The zero-order chi connectivity index (χ0) is 20.5. The van der Waals surface area contributed by atoms with Gasteiger partial charge in [0.15, 0.2) is 11.7 Å². The van der Waals surface area contributed by atoms with Gasteiger partial charge in [-0.3, -0.25) is 0 Å². The van der Waals surface area contributed by atoms with Crippen LogP contribution in [-0.4, -0.2) is 44.8 Å². The molecule has 12 heteroatoms. The minimum absolute atomic E-state index is 0.0213. The maximum absolute atomic E-state index is 11.9. The first-order valence-corrected chi connectivity index (χ1v) is 9.91. The maximum Gasteiger partial charge on any atom is 0.344 e. The first-order chi connectivity index (χ1) is 12.5. The Morgan fingerprint density at radius 3 is 2.30 bits per heavy atom. The summed E-state index contributed by atoms with van der Waals surface area (Å²) in [6.45, 7) is 4.53. The second-order valence-electron chi connectivity index (χ2n) is 5.87. The average Bonchev–Trinajstić information content (AvgIpc) is 2.55. The molecule has 0 saturated heterocycles. The molecule has 152 valence electrons. The minimum atomic E-state index is -3.96. The molecule has 0 unspecified atom stereocenters. The molecule has 0 radical (unpaired) electrons. The molecule has 0 spiro atoms. The standard InChI is InChI=1S/C15H20O10S2/c1-15(2,3)22-13(16)9-21-14(17)11-5-7-12(8-6-11)23-27(18,19)10-26-25-24-20-4/h5-8H,9-10H2,1-4H3. The zero-order valence-electron chi connectivity index (χ0n) is 15.1. The van der Waals surface area contributed by atoms with Gasteiger partial charge in [0.1, 0.15) is 11.4 Å². The van der Waals surface area contributed by atoms with E-state index in [4.69, 9.17) is 13.7 Å². The normalized spacial score (nSPS) is 11.7. The Balaban J connectivity index is 2.53. The highest BCUT2D eigenvalue weighted by molar-refractivity contribution is 8.08. The summed E-state index contributed by atoms with van der Waals surface area (Å²) in [4.78, 5) is 27.5. The van der Waals surface area contributed by atoms with Crippen molar-refractivity contribution in [2.75, 3.05) is 18.8 Å². The number of benzene rings is 1. The molecule has 0 amide bonds. The van der Waals surface area contributed by atoms with E-state index in [0.717, 1.165) is 0 Å². The predicted molar refractivity (Wildman–Crippen MR) is 93.8 cm³/mol. The molecule has 0 aliphatic carbocycles. The molecule has 10 nitrogen and oxygen atoms in total. The van der Waals surface area contributed by atoms with E-state index < -0.39 is 39.3 Å². The second-order valence-corrected chi connectivity index (χ2v) is 8.46. The summed E-state index contributed by atoms with van der Waals surface area (Å²) in [5.41, 5.74) is -0.581. The third-order valence-electron chi connectivity index (χ3n) is 2.39. The average molecular weight is 424 g/mol. The second kappa shape index (κ2) is 10.5. The molecule has 0 saturated carbocycles. The highest BCUT2D eigenvalue weighted by Gasteiger charge is 2.19. The van der Waals surface area contributed by atoms with Gasteiger partial charge in [0.05, 0.1) is 24.7 Å². The van der Waals surface area contributed by atoms with Crippen molar-refractivity contribution in [2.45, 2.75) is 26.4 Å². The Hall–Kier alpha value is -1.86. The molecular weight excluding hydrogens is 404 g/mol. The lowest BCUT2D eigenvalue weighted by atomic mass is 10.2. The Morgan fingerprint density at radius 1 is 1.11 bits per heavy atom. The summed E-state index contributed by atoms with van der Waals surface area (Å²) in [6, 6.07) is 5.11. The monoisotopic (exact) mass is 424 g/mol. The van der Waals surface area contributed by atoms with Crippen LogP contribution in [0.3, 0.4) is 0 Å². The van der Waals surface area contributed by atoms with Crippen molar-refractivity contribution in [3.05, 3.63) is 29.8 Å². The smallest absolute Gasteiger partial charge is 0.344 e. The summed E-state index contributed by atoms with van der Waals surface area (Å²) in [5.74, 6) is -1.47. The summed E-state index contributed by atoms with van der Waals surface area (Å²) in [6.07, 6.45) is 0. The molecule has 0 aliphatic rings. The van der Waals surface area contributed by atoms with Crippen LogP contribution in [0.2, 0.25) is 0 Å². The first kappa shape index (κ1) is 23.2. The largest absolute Gasteiger partial charge is 0.457 e. The predicted octanol–water partition coefficient (Wildman–Crippen LogP) is 2.01. The zero-order valence-corrected chi connectivity index (χ0v) is 16.8. The summed E-state index contributed by atoms with van der Waals surface area (Å²) in [7, 11) is -2.78. The van der Waals surface area contributed by atoms with Crippen molar-refractivity contribution in [1.29, 1.82) is 0 Å². The van der Waals surface area contributed by atoms with Gasteiger partial charge < -0.3 is 13.7 Å². The summed E-state index contributed by atoms with van der Waals surface area (Å²) in [5, 5.41) is 3.49. The third-order valence-corrected chi connectivity index (χ3v) is 4.53. The van der Waals surface area contributed by atoms with Gasteiger partial charge in [-0.05, 0) is 45.0 Å². The third kappa shape index (κ3) is 10.2. The molecular formula is C15H20O10S2. The number of esters is 2. The van der Waals surface area contributed by atoms with E-state index in [9.17, 15) is 18.0 Å². The van der Waals surface area contributed by atoms with E-state index >= 15 is 0 Å². The van der Waals surface area contributed by atoms with Crippen LogP contribution in [0.1, 0.15) is 31.1 Å². The Morgan fingerprint density at radius 2 is 1.74 bits per heavy atom.